The van der Waals surface area contributed by atoms with Gasteiger partial charge in [0.2, 0.25) is 11.8 Å². The molecule has 0 radical (unpaired) electrons. The fourth-order valence-corrected chi connectivity index (χ4v) is 2.60. The van der Waals surface area contributed by atoms with Gasteiger partial charge in [-0.25, -0.2) is 0 Å². The van der Waals surface area contributed by atoms with Crippen molar-refractivity contribution in [3.05, 3.63) is 0 Å². The number of carbonyl (C=O) groups is 2. The SMILES string of the molecule is CCN(CC)C(=O)CCNC(=O)C(C)(C)N1CCNCC1. The van der Waals surface area contributed by atoms with Crippen LogP contribution in [0.25, 0.3) is 0 Å². The van der Waals surface area contributed by atoms with Crippen molar-refractivity contribution < 1.29 is 9.59 Å². The fraction of sp³-hybridized carbons (Fsp3) is 0.867. The lowest BCUT2D eigenvalue weighted by atomic mass is 10.0. The zero-order chi connectivity index (χ0) is 15.9. The first-order valence-electron chi connectivity index (χ1n) is 7.95. The summed E-state index contributed by atoms with van der Waals surface area (Å²) in [5.41, 5.74) is -0.527. The molecule has 1 aliphatic rings. The van der Waals surface area contributed by atoms with E-state index in [1.54, 1.807) is 4.90 Å². The summed E-state index contributed by atoms with van der Waals surface area (Å²) in [6.07, 6.45) is 0.366. The van der Waals surface area contributed by atoms with Gasteiger partial charge in [-0.1, -0.05) is 0 Å². The first-order valence-corrected chi connectivity index (χ1v) is 7.95. The summed E-state index contributed by atoms with van der Waals surface area (Å²) < 4.78 is 0. The summed E-state index contributed by atoms with van der Waals surface area (Å²) in [6, 6.07) is 0. The van der Waals surface area contributed by atoms with Crippen molar-refractivity contribution in [3.63, 3.8) is 0 Å². The van der Waals surface area contributed by atoms with E-state index in [9.17, 15) is 9.59 Å². The van der Waals surface area contributed by atoms with Gasteiger partial charge >= 0.3 is 0 Å². The summed E-state index contributed by atoms with van der Waals surface area (Å²) in [5, 5.41) is 6.19. The normalized spacial score (nSPS) is 16.6. The summed E-state index contributed by atoms with van der Waals surface area (Å²) in [7, 11) is 0. The molecule has 1 fully saturated rings. The van der Waals surface area contributed by atoms with E-state index in [-0.39, 0.29) is 11.8 Å². The van der Waals surface area contributed by atoms with E-state index in [4.69, 9.17) is 0 Å². The topological polar surface area (TPSA) is 64.7 Å². The molecular weight excluding hydrogens is 268 g/mol. The lowest BCUT2D eigenvalue weighted by Gasteiger charge is -2.39. The molecule has 0 unspecified atom stereocenters. The number of nitrogens with one attached hydrogen (secondary N) is 2. The average Bonchev–Trinajstić information content (AvgIpc) is 2.49. The molecule has 0 atom stereocenters. The van der Waals surface area contributed by atoms with E-state index in [1.165, 1.54) is 0 Å². The second-order valence-electron chi connectivity index (χ2n) is 5.87. The summed E-state index contributed by atoms with van der Waals surface area (Å²) in [6.45, 7) is 13.2. The fourth-order valence-electron chi connectivity index (χ4n) is 2.60. The molecule has 0 saturated carbocycles. The number of amides is 2. The highest BCUT2D eigenvalue weighted by atomic mass is 16.2. The molecule has 2 amide bonds. The maximum Gasteiger partial charge on any atom is 0.239 e. The molecule has 1 rings (SSSR count). The summed E-state index contributed by atoms with van der Waals surface area (Å²) >= 11 is 0. The van der Waals surface area contributed by atoms with Crippen LogP contribution in [-0.2, 0) is 9.59 Å². The molecule has 2 N–H and O–H groups in total. The van der Waals surface area contributed by atoms with E-state index in [1.807, 2.05) is 27.7 Å². The van der Waals surface area contributed by atoms with Crippen molar-refractivity contribution in [2.45, 2.75) is 39.7 Å². The molecule has 0 aromatic heterocycles. The Hall–Kier alpha value is -1.14. The van der Waals surface area contributed by atoms with Crippen LogP contribution in [0.5, 0.6) is 0 Å². The van der Waals surface area contributed by atoms with Gasteiger partial charge in [-0.2, -0.15) is 0 Å². The van der Waals surface area contributed by atoms with Crippen LogP contribution >= 0.6 is 0 Å². The molecule has 0 aromatic carbocycles. The number of hydrogen-bond acceptors (Lipinski definition) is 4. The van der Waals surface area contributed by atoms with Gasteiger partial charge in [-0.15, -0.1) is 0 Å². The standard InChI is InChI=1S/C15H30N4O2/c1-5-18(6-2)13(20)7-8-17-14(21)15(3,4)19-11-9-16-10-12-19/h16H,5-12H2,1-4H3,(H,17,21). The second kappa shape index (κ2) is 8.34. The van der Waals surface area contributed by atoms with Gasteiger partial charge in [0.15, 0.2) is 0 Å². The molecule has 1 saturated heterocycles. The number of hydrogen-bond donors (Lipinski definition) is 2. The Labute approximate surface area is 128 Å². The van der Waals surface area contributed by atoms with Crippen LogP contribution in [0.3, 0.4) is 0 Å². The van der Waals surface area contributed by atoms with Crippen molar-refractivity contribution >= 4 is 11.8 Å². The van der Waals surface area contributed by atoms with Crippen molar-refractivity contribution in [2.24, 2.45) is 0 Å². The third kappa shape index (κ3) is 4.97. The Kier molecular flexibility index (Phi) is 7.11. The predicted octanol–water partition coefficient (Wildman–Crippen LogP) is 0.0449. The van der Waals surface area contributed by atoms with Crippen molar-refractivity contribution in [3.8, 4) is 0 Å². The number of carbonyl (C=O) groups excluding carboxylic acids is 2. The predicted molar refractivity (Wildman–Crippen MR) is 84.1 cm³/mol. The summed E-state index contributed by atoms with van der Waals surface area (Å²) in [5.74, 6) is 0.0945. The van der Waals surface area contributed by atoms with E-state index < -0.39 is 5.54 Å². The molecule has 1 aliphatic heterocycles. The Balaban J connectivity index is 2.40. The highest BCUT2D eigenvalue weighted by molar-refractivity contribution is 5.86. The second-order valence-corrected chi connectivity index (χ2v) is 5.87. The van der Waals surface area contributed by atoms with Crippen molar-refractivity contribution in [2.75, 3.05) is 45.8 Å². The number of piperazine rings is 1. The smallest absolute Gasteiger partial charge is 0.239 e. The summed E-state index contributed by atoms with van der Waals surface area (Å²) in [4.78, 5) is 28.2. The first-order chi connectivity index (χ1) is 9.93. The zero-order valence-corrected chi connectivity index (χ0v) is 13.9. The van der Waals surface area contributed by atoms with Crippen LogP contribution < -0.4 is 10.6 Å². The molecule has 6 nitrogen and oxygen atoms in total. The minimum absolute atomic E-state index is 0.00301. The van der Waals surface area contributed by atoms with Crippen LogP contribution in [0.1, 0.15) is 34.1 Å². The molecular formula is C15H30N4O2. The largest absolute Gasteiger partial charge is 0.354 e. The van der Waals surface area contributed by atoms with E-state index >= 15 is 0 Å². The van der Waals surface area contributed by atoms with Crippen LogP contribution in [0.4, 0.5) is 0 Å². The quantitative estimate of drug-likeness (QED) is 0.697. The molecule has 0 bridgehead atoms. The molecule has 1 heterocycles. The lowest BCUT2D eigenvalue weighted by molar-refractivity contribution is -0.133. The van der Waals surface area contributed by atoms with Crippen molar-refractivity contribution in [1.82, 2.24) is 20.4 Å². The Bertz CT molecular complexity index is 348. The molecule has 21 heavy (non-hydrogen) atoms. The molecule has 0 spiro atoms. The highest BCUT2D eigenvalue weighted by Gasteiger charge is 2.34. The van der Waals surface area contributed by atoms with Crippen molar-refractivity contribution in [1.29, 1.82) is 0 Å². The Morgan fingerprint density at radius 1 is 1.19 bits per heavy atom. The van der Waals surface area contributed by atoms with E-state index in [0.717, 1.165) is 39.3 Å². The van der Waals surface area contributed by atoms with Gasteiger partial charge in [-0.3, -0.25) is 14.5 Å². The number of nitrogens with zero attached hydrogens (tertiary/aromatic N) is 2. The third-order valence-corrected chi connectivity index (χ3v) is 4.20. The van der Waals surface area contributed by atoms with Crippen LogP contribution in [0.2, 0.25) is 0 Å². The highest BCUT2D eigenvalue weighted by Crippen LogP contribution is 2.15. The van der Waals surface area contributed by atoms with Gasteiger partial charge in [0, 0.05) is 52.2 Å². The molecule has 0 aliphatic carbocycles. The van der Waals surface area contributed by atoms with Crippen LogP contribution in [0.15, 0.2) is 0 Å². The number of rotatable bonds is 7. The maximum absolute atomic E-state index is 12.4. The van der Waals surface area contributed by atoms with Gasteiger partial charge < -0.3 is 15.5 Å². The zero-order valence-electron chi connectivity index (χ0n) is 13.9. The minimum Gasteiger partial charge on any atom is -0.354 e. The van der Waals surface area contributed by atoms with E-state index in [0.29, 0.717) is 13.0 Å². The Morgan fingerprint density at radius 2 is 1.76 bits per heavy atom. The Morgan fingerprint density at radius 3 is 2.29 bits per heavy atom. The molecule has 6 heteroatoms. The third-order valence-electron chi connectivity index (χ3n) is 4.20. The van der Waals surface area contributed by atoms with Gasteiger partial charge in [-0.05, 0) is 27.7 Å². The van der Waals surface area contributed by atoms with E-state index in [2.05, 4.69) is 15.5 Å². The average molecular weight is 298 g/mol. The van der Waals surface area contributed by atoms with Crippen LogP contribution in [-0.4, -0.2) is 73.0 Å². The maximum atomic E-state index is 12.4. The van der Waals surface area contributed by atoms with Gasteiger partial charge in [0.05, 0.1) is 5.54 Å². The minimum atomic E-state index is -0.527. The van der Waals surface area contributed by atoms with Crippen LogP contribution in [0, 0.1) is 0 Å². The molecule has 122 valence electrons. The van der Waals surface area contributed by atoms with Gasteiger partial charge in [0.25, 0.3) is 0 Å². The van der Waals surface area contributed by atoms with Gasteiger partial charge in [0.1, 0.15) is 0 Å². The molecule has 0 aromatic rings. The lowest BCUT2D eigenvalue weighted by Crippen LogP contribution is -2.60. The first kappa shape index (κ1) is 17.9. The monoisotopic (exact) mass is 298 g/mol.